The second kappa shape index (κ2) is 2.51. The highest BCUT2D eigenvalue weighted by molar-refractivity contribution is 4.93. The molecule has 1 saturated carbocycles. The van der Waals surface area contributed by atoms with E-state index in [1.807, 2.05) is 0 Å². The fourth-order valence-corrected chi connectivity index (χ4v) is 1.58. The van der Waals surface area contributed by atoms with Gasteiger partial charge in [-0.1, -0.05) is 20.3 Å². The van der Waals surface area contributed by atoms with Crippen LogP contribution in [0.5, 0.6) is 0 Å². The van der Waals surface area contributed by atoms with Crippen molar-refractivity contribution in [1.29, 1.82) is 0 Å². The van der Waals surface area contributed by atoms with Crippen molar-refractivity contribution in [3.63, 3.8) is 0 Å². The average molecular weight is 142 g/mol. The molecule has 2 heteroatoms. The van der Waals surface area contributed by atoms with Gasteiger partial charge in [-0.25, -0.2) is 0 Å². The largest absolute Gasteiger partial charge is 0.327 e. The summed E-state index contributed by atoms with van der Waals surface area (Å²) in [6, 6.07) is 0.604. The van der Waals surface area contributed by atoms with E-state index >= 15 is 0 Å². The molecule has 0 spiro atoms. The molecular weight excluding hydrogens is 124 g/mol. The van der Waals surface area contributed by atoms with Gasteiger partial charge < -0.3 is 11.5 Å². The Bertz CT molecular complexity index is 108. The van der Waals surface area contributed by atoms with Crippen molar-refractivity contribution in [3.05, 3.63) is 0 Å². The molecule has 1 rings (SSSR count). The van der Waals surface area contributed by atoms with Gasteiger partial charge in [-0.2, -0.15) is 0 Å². The number of nitrogens with two attached hydrogens (primary N) is 2. The van der Waals surface area contributed by atoms with Gasteiger partial charge in [0, 0.05) is 12.1 Å². The topological polar surface area (TPSA) is 52.0 Å². The highest BCUT2D eigenvalue weighted by Crippen LogP contribution is 2.32. The normalized spacial score (nSPS) is 39.6. The molecule has 0 radical (unpaired) electrons. The van der Waals surface area contributed by atoms with E-state index < -0.39 is 0 Å². The summed E-state index contributed by atoms with van der Waals surface area (Å²) >= 11 is 0. The Kier molecular flexibility index (Phi) is 2.02. The molecule has 2 atom stereocenters. The van der Waals surface area contributed by atoms with Crippen LogP contribution in [0.3, 0.4) is 0 Å². The lowest BCUT2D eigenvalue weighted by Gasteiger charge is -2.41. The second-order valence-corrected chi connectivity index (χ2v) is 3.97. The van der Waals surface area contributed by atoms with Crippen LogP contribution in [0.15, 0.2) is 0 Å². The molecule has 1 aliphatic rings. The maximum Gasteiger partial charge on any atom is 0.0105 e. The van der Waals surface area contributed by atoms with Crippen molar-refractivity contribution in [2.24, 2.45) is 16.9 Å². The number of rotatable bonds is 0. The Morgan fingerprint density at radius 2 is 1.50 bits per heavy atom. The Balaban J connectivity index is 2.63. The van der Waals surface area contributed by atoms with Crippen LogP contribution in [-0.2, 0) is 0 Å². The van der Waals surface area contributed by atoms with Crippen LogP contribution < -0.4 is 11.5 Å². The van der Waals surface area contributed by atoms with Crippen molar-refractivity contribution >= 4 is 0 Å². The smallest absolute Gasteiger partial charge is 0.0105 e. The summed E-state index contributed by atoms with van der Waals surface area (Å²) < 4.78 is 0. The summed E-state index contributed by atoms with van der Waals surface area (Å²) in [4.78, 5) is 0. The SMILES string of the molecule is CC1(C)[C@@H](N)CCC[C@@H]1N. The lowest BCUT2D eigenvalue weighted by Crippen LogP contribution is -2.52. The minimum atomic E-state index is 0.151. The van der Waals surface area contributed by atoms with E-state index in [0.29, 0.717) is 12.1 Å². The quantitative estimate of drug-likeness (QED) is 0.527. The Hall–Kier alpha value is -0.0800. The van der Waals surface area contributed by atoms with Gasteiger partial charge in [0.1, 0.15) is 0 Å². The highest BCUT2D eigenvalue weighted by Gasteiger charge is 2.35. The molecule has 10 heavy (non-hydrogen) atoms. The van der Waals surface area contributed by atoms with Gasteiger partial charge in [-0.05, 0) is 18.3 Å². The predicted molar refractivity (Wildman–Crippen MR) is 43.6 cm³/mol. The number of hydrogen-bond donors (Lipinski definition) is 2. The minimum Gasteiger partial charge on any atom is -0.327 e. The molecule has 0 amide bonds. The van der Waals surface area contributed by atoms with E-state index in [-0.39, 0.29) is 5.41 Å². The third-order valence-corrected chi connectivity index (χ3v) is 2.94. The van der Waals surface area contributed by atoms with Crippen LogP contribution in [-0.4, -0.2) is 12.1 Å². The van der Waals surface area contributed by atoms with Gasteiger partial charge in [-0.3, -0.25) is 0 Å². The van der Waals surface area contributed by atoms with Crippen LogP contribution in [0.25, 0.3) is 0 Å². The van der Waals surface area contributed by atoms with E-state index in [1.54, 1.807) is 0 Å². The molecule has 0 heterocycles. The van der Waals surface area contributed by atoms with Crippen LogP contribution in [0.1, 0.15) is 33.1 Å². The molecule has 60 valence electrons. The molecule has 0 bridgehead atoms. The molecule has 0 unspecified atom stereocenters. The molecule has 0 aromatic heterocycles. The maximum atomic E-state index is 5.92. The van der Waals surface area contributed by atoms with E-state index in [9.17, 15) is 0 Å². The monoisotopic (exact) mass is 142 g/mol. The molecule has 4 N–H and O–H groups in total. The lowest BCUT2D eigenvalue weighted by atomic mass is 9.70. The third kappa shape index (κ3) is 1.18. The van der Waals surface area contributed by atoms with Crippen LogP contribution >= 0.6 is 0 Å². The molecule has 1 aliphatic carbocycles. The van der Waals surface area contributed by atoms with Crippen molar-refractivity contribution < 1.29 is 0 Å². The van der Waals surface area contributed by atoms with Gasteiger partial charge in [-0.15, -0.1) is 0 Å². The summed E-state index contributed by atoms with van der Waals surface area (Å²) in [5.41, 5.74) is 12.0. The van der Waals surface area contributed by atoms with Gasteiger partial charge in [0.05, 0.1) is 0 Å². The average Bonchev–Trinajstić information content (AvgIpc) is 1.84. The Morgan fingerprint density at radius 3 is 1.80 bits per heavy atom. The fraction of sp³-hybridized carbons (Fsp3) is 1.00. The van der Waals surface area contributed by atoms with E-state index in [2.05, 4.69) is 13.8 Å². The highest BCUT2D eigenvalue weighted by atomic mass is 14.8. The first-order chi connectivity index (χ1) is 4.55. The van der Waals surface area contributed by atoms with E-state index in [4.69, 9.17) is 11.5 Å². The summed E-state index contributed by atoms with van der Waals surface area (Å²) in [5.74, 6) is 0. The first kappa shape index (κ1) is 8.02. The first-order valence-corrected chi connectivity index (χ1v) is 4.06. The molecule has 0 aliphatic heterocycles. The van der Waals surface area contributed by atoms with Gasteiger partial charge in [0.15, 0.2) is 0 Å². The van der Waals surface area contributed by atoms with Crippen LogP contribution in [0.2, 0.25) is 0 Å². The van der Waals surface area contributed by atoms with Crippen molar-refractivity contribution in [2.75, 3.05) is 0 Å². The van der Waals surface area contributed by atoms with Gasteiger partial charge >= 0.3 is 0 Å². The zero-order valence-corrected chi connectivity index (χ0v) is 6.93. The fourth-order valence-electron chi connectivity index (χ4n) is 1.58. The molecule has 1 fully saturated rings. The van der Waals surface area contributed by atoms with E-state index in [1.165, 1.54) is 6.42 Å². The molecule has 0 saturated heterocycles. The van der Waals surface area contributed by atoms with E-state index in [0.717, 1.165) is 12.8 Å². The zero-order valence-electron chi connectivity index (χ0n) is 6.93. The first-order valence-electron chi connectivity index (χ1n) is 4.06. The molecule has 0 aromatic carbocycles. The molecular formula is C8H18N2. The van der Waals surface area contributed by atoms with Crippen LogP contribution in [0.4, 0.5) is 0 Å². The van der Waals surface area contributed by atoms with Crippen molar-refractivity contribution in [1.82, 2.24) is 0 Å². The Labute approximate surface area is 63.0 Å². The maximum absolute atomic E-state index is 5.92. The van der Waals surface area contributed by atoms with Crippen LogP contribution in [0, 0.1) is 5.41 Å². The Morgan fingerprint density at radius 1 is 1.10 bits per heavy atom. The molecule has 0 aromatic rings. The molecule has 2 nitrogen and oxygen atoms in total. The summed E-state index contributed by atoms with van der Waals surface area (Å²) in [7, 11) is 0. The second-order valence-electron chi connectivity index (χ2n) is 3.97. The summed E-state index contributed by atoms with van der Waals surface area (Å²) in [5, 5.41) is 0. The van der Waals surface area contributed by atoms with Gasteiger partial charge in [0.2, 0.25) is 0 Å². The number of hydrogen-bond acceptors (Lipinski definition) is 2. The minimum absolute atomic E-state index is 0.151. The lowest BCUT2D eigenvalue weighted by molar-refractivity contribution is 0.166. The predicted octanol–water partition coefficient (Wildman–Crippen LogP) is 0.851. The van der Waals surface area contributed by atoms with Crippen molar-refractivity contribution in [3.8, 4) is 0 Å². The zero-order chi connectivity index (χ0) is 7.78. The summed E-state index contributed by atoms with van der Waals surface area (Å²) in [6.45, 7) is 4.34. The standard InChI is InChI=1S/C8H18N2/c1-8(2)6(9)4-3-5-7(8)10/h6-7H,3-5,9-10H2,1-2H3/t6-,7-/m0/s1. The van der Waals surface area contributed by atoms with Crippen molar-refractivity contribution in [2.45, 2.75) is 45.2 Å². The summed E-state index contributed by atoms with van der Waals surface area (Å²) in [6.07, 6.45) is 3.48. The third-order valence-electron chi connectivity index (χ3n) is 2.94. The van der Waals surface area contributed by atoms with Gasteiger partial charge in [0.25, 0.3) is 0 Å².